The zero-order valence-corrected chi connectivity index (χ0v) is 25.3. The molecule has 1 saturated carbocycles. The molecule has 1 aliphatic rings. The molecule has 2 aromatic heterocycles. The van der Waals surface area contributed by atoms with Gasteiger partial charge in [-0.2, -0.15) is 5.10 Å². The van der Waals surface area contributed by atoms with E-state index in [-0.39, 0.29) is 29.1 Å². The van der Waals surface area contributed by atoms with Crippen LogP contribution in [0.15, 0.2) is 66.1 Å². The zero-order valence-electron chi connectivity index (χ0n) is 23.7. The van der Waals surface area contributed by atoms with E-state index in [9.17, 15) is 13.5 Å². The Morgan fingerprint density at radius 2 is 1.91 bits per heavy atom. The van der Waals surface area contributed by atoms with Crippen LogP contribution in [0.25, 0.3) is 0 Å². The molecule has 1 aliphatic carbocycles. The lowest BCUT2D eigenvalue weighted by Crippen LogP contribution is -2.35. The van der Waals surface area contributed by atoms with Crippen molar-refractivity contribution in [3.05, 3.63) is 83.3 Å². The van der Waals surface area contributed by atoms with E-state index in [0.29, 0.717) is 36.3 Å². The molecule has 0 amide bonds. The van der Waals surface area contributed by atoms with E-state index in [1.54, 1.807) is 36.1 Å². The highest BCUT2D eigenvalue weighted by atomic mass is 35.5. The van der Waals surface area contributed by atoms with Crippen molar-refractivity contribution in [1.29, 1.82) is 0 Å². The van der Waals surface area contributed by atoms with Crippen molar-refractivity contribution >= 4 is 27.4 Å². The number of aromatic nitrogens is 4. The van der Waals surface area contributed by atoms with Crippen LogP contribution in [0, 0.1) is 5.82 Å². The van der Waals surface area contributed by atoms with Gasteiger partial charge < -0.3 is 19.3 Å². The number of aryl methyl sites for hydroxylation is 1. The normalized spacial score (nSPS) is 18.7. The Morgan fingerprint density at radius 3 is 2.58 bits per heavy atom. The number of hydrogen-bond acceptors (Lipinski definition) is 9. The van der Waals surface area contributed by atoms with E-state index in [4.69, 9.17) is 25.8 Å². The van der Waals surface area contributed by atoms with Gasteiger partial charge in [0.05, 0.1) is 31.9 Å². The number of ether oxygens (including phenoxy) is 3. The van der Waals surface area contributed by atoms with Gasteiger partial charge >= 0.3 is 0 Å². The van der Waals surface area contributed by atoms with E-state index < -0.39 is 32.9 Å². The van der Waals surface area contributed by atoms with Gasteiger partial charge in [0, 0.05) is 54.8 Å². The van der Waals surface area contributed by atoms with Crippen molar-refractivity contribution < 1.29 is 32.1 Å². The Hall–Kier alpha value is -3.94. The molecule has 2 aromatic carbocycles. The maximum atomic E-state index is 15.8. The predicted molar refractivity (Wildman–Crippen MR) is 157 cm³/mol. The van der Waals surface area contributed by atoms with E-state index in [0.717, 1.165) is 22.1 Å². The minimum absolute atomic E-state index is 0.00270. The summed E-state index contributed by atoms with van der Waals surface area (Å²) in [5, 5.41) is 14.5. The number of nitrogens with zero attached hydrogens (tertiary/aromatic N) is 5. The number of sulfonamides is 1. The van der Waals surface area contributed by atoms with E-state index >= 15 is 4.39 Å². The quantitative estimate of drug-likeness (QED) is 0.269. The zero-order chi connectivity index (χ0) is 30.7. The van der Waals surface area contributed by atoms with Gasteiger partial charge in [-0.1, -0.05) is 11.6 Å². The maximum Gasteiger partial charge on any atom is 0.268 e. The molecule has 0 saturated heterocycles. The van der Waals surface area contributed by atoms with Crippen molar-refractivity contribution in [2.45, 2.75) is 48.8 Å². The van der Waals surface area contributed by atoms with Gasteiger partial charge in [-0.05, 0) is 43.5 Å². The number of aliphatic hydroxyl groups excluding tert-OH is 1. The Kier molecular flexibility index (Phi) is 9.04. The number of rotatable bonds is 10. The fraction of sp³-hybridized carbons (Fsp3) is 0.345. The molecule has 43 heavy (non-hydrogen) atoms. The maximum absolute atomic E-state index is 15.8. The van der Waals surface area contributed by atoms with Crippen LogP contribution < -0.4 is 18.5 Å². The summed E-state index contributed by atoms with van der Waals surface area (Å²) in [4.78, 5) is 7.33. The number of hydrogen-bond donors (Lipinski definition) is 1. The summed E-state index contributed by atoms with van der Waals surface area (Å²) in [6, 6.07) is 10.2. The van der Waals surface area contributed by atoms with Gasteiger partial charge in [-0.3, -0.25) is 4.68 Å². The van der Waals surface area contributed by atoms with E-state index in [1.165, 1.54) is 32.8 Å². The number of benzene rings is 2. The van der Waals surface area contributed by atoms with Crippen molar-refractivity contribution in [2.24, 2.45) is 7.05 Å². The predicted octanol–water partition coefficient (Wildman–Crippen LogP) is 4.49. The van der Waals surface area contributed by atoms with Crippen LogP contribution in [0.1, 0.15) is 36.4 Å². The van der Waals surface area contributed by atoms with Crippen molar-refractivity contribution in [3.63, 3.8) is 0 Å². The summed E-state index contributed by atoms with van der Waals surface area (Å²) in [6.45, 7) is -0.237. The molecule has 14 heteroatoms. The molecule has 3 unspecified atom stereocenters. The van der Waals surface area contributed by atoms with Crippen LogP contribution >= 0.6 is 11.6 Å². The molecule has 0 radical (unpaired) electrons. The summed E-state index contributed by atoms with van der Waals surface area (Å²) in [7, 11) is 0.191. The summed E-state index contributed by atoms with van der Waals surface area (Å²) < 4.78 is 63.4. The minimum atomic E-state index is -4.56. The molecule has 1 N–H and O–H groups in total. The summed E-state index contributed by atoms with van der Waals surface area (Å²) in [5.74, 6) is -0.375. The Morgan fingerprint density at radius 1 is 1.09 bits per heavy atom. The molecule has 2 heterocycles. The van der Waals surface area contributed by atoms with Gasteiger partial charge in [-0.15, -0.1) is 0 Å². The second-order valence-electron chi connectivity index (χ2n) is 10.1. The topological polar surface area (TPSA) is 129 Å². The summed E-state index contributed by atoms with van der Waals surface area (Å²) in [5.41, 5.74) is 1.34. The highest BCUT2D eigenvalue weighted by Gasteiger charge is 2.36. The molecule has 11 nitrogen and oxygen atoms in total. The lowest BCUT2D eigenvalue weighted by atomic mass is 9.82. The van der Waals surface area contributed by atoms with Crippen LogP contribution in [-0.2, 0) is 23.6 Å². The van der Waals surface area contributed by atoms with Crippen LogP contribution in [0.3, 0.4) is 0 Å². The Bertz CT molecular complexity index is 1690. The van der Waals surface area contributed by atoms with Gasteiger partial charge in [0.15, 0.2) is 0 Å². The lowest BCUT2D eigenvalue weighted by molar-refractivity contribution is 0.0462. The average molecular weight is 632 g/mol. The van der Waals surface area contributed by atoms with Gasteiger partial charge in [0.2, 0.25) is 0 Å². The van der Waals surface area contributed by atoms with Crippen LogP contribution in [0.2, 0.25) is 5.02 Å². The third kappa shape index (κ3) is 6.38. The largest absolute Gasteiger partial charge is 0.497 e. The highest BCUT2D eigenvalue weighted by molar-refractivity contribution is 7.92. The summed E-state index contributed by atoms with van der Waals surface area (Å²) in [6.07, 6.45) is 4.69. The first-order valence-corrected chi connectivity index (χ1v) is 15.3. The van der Waals surface area contributed by atoms with Gasteiger partial charge in [0.25, 0.3) is 10.0 Å². The van der Waals surface area contributed by atoms with Crippen molar-refractivity contribution in [1.82, 2.24) is 19.7 Å². The molecule has 0 bridgehead atoms. The molecular weight excluding hydrogens is 601 g/mol. The molecule has 5 rings (SSSR count). The SMILES string of the molecule is COc1ccc(CN(c2ccncn2)S(=O)(=O)c2cc(Cl)c(OC3CCC(O)CC3c3ccnn3C)cc2F)c(OC)c1. The van der Waals surface area contributed by atoms with Crippen molar-refractivity contribution in [3.8, 4) is 17.2 Å². The summed E-state index contributed by atoms with van der Waals surface area (Å²) >= 11 is 6.55. The standard InChI is InChI=1S/C29H31ClFN5O6S/c1-35-24(8-11-34-35)21-12-19(37)5-7-25(21)42-27-15-23(31)28(14-22(27)30)43(38,39)36(29-9-10-32-17-33-29)16-18-4-6-20(40-2)13-26(18)41-3/h4,6,8-11,13-15,17,19,21,25,37H,5,7,12,16H2,1-3H3. The molecule has 0 spiro atoms. The number of halogens is 2. The van der Waals surface area contributed by atoms with E-state index in [2.05, 4.69) is 15.1 Å². The molecule has 228 valence electrons. The Labute approximate surface area is 253 Å². The first-order chi connectivity index (χ1) is 20.6. The molecule has 1 fully saturated rings. The monoisotopic (exact) mass is 631 g/mol. The number of aliphatic hydroxyl groups is 1. The van der Waals surface area contributed by atoms with Crippen LogP contribution in [-0.4, -0.2) is 59.7 Å². The first kappa shape index (κ1) is 30.5. The minimum Gasteiger partial charge on any atom is -0.497 e. The average Bonchev–Trinajstić information content (AvgIpc) is 3.44. The van der Waals surface area contributed by atoms with E-state index in [1.807, 2.05) is 6.07 Å². The fourth-order valence-electron chi connectivity index (χ4n) is 5.26. The number of anilines is 1. The molecule has 3 atom stereocenters. The van der Waals surface area contributed by atoms with Crippen LogP contribution in [0.4, 0.5) is 10.2 Å². The third-order valence-electron chi connectivity index (χ3n) is 7.46. The molecular formula is C29H31ClFN5O6S. The fourth-order valence-corrected chi connectivity index (χ4v) is 7.00. The second-order valence-corrected chi connectivity index (χ2v) is 12.3. The van der Waals surface area contributed by atoms with Crippen LogP contribution in [0.5, 0.6) is 17.2 Å². The second kappa shape index (κ2) is 12.7. The molecule has 4 aromatic rings. The first-order valence-electron chi connectivity index (χ1n) is 13.4. The number of methoxy groups -OCH3 is 2. The van der Waals surface area contributed by atoms with Gasteiger partial charge in [0.1, 0.15) is 46.2 Å². The third-order valence-corrected chi connectivity index (χ3v) is 9.52. The lowest BCUT2D eigenvalue weighted by Gasteiger charge is -2.34. The highest BCUT2D eigenvalue weighted by Crippen LogP contribution is 2.39. The molecule has 0 aliphatic heterocycles. The van der Waals surface area contributed by atoms with Gasteiger partial charge in [-0.25, -0.2) is 27.1 Å². The Balaban J connectivity index is 1.49. The van der Waals surface area contributed by atoms with Crippen molar-refractivity contribution in [2.75, 3.05) is 18.5 Å². The smallest absolute Gasteiger partial charge is 0.268 e.